The van der Waals surface area contributed by atoms with Gasteiger partial charge in [0.1, 0.15) is 0 Å². The van der Waals surface area contributed by atoms with Crippen molar-refractivity contribution in [2.24, 2.45) is 29.6 Å². The summed E-state index contributed by atoms with van der Waals surface area (Å²) in [4.78, 5) is 4.11. The van der Waals surface area contributed by atoms with Crippen LogP contribution in [0.4, 0.5) is 0 Å². The van der Waals surface area contributed by atoms with Gasteiger partial charge in [0, 0.05) is 18.4 Å². The Kier molecular flexibility index (Phi) is 3.71. The first-order chi connectivity index (χ1) is 10.2. The zero-order valence-electron chi connectivity index (χ0n) is 12.8. The van der Waals surface area contributed by atoms with Crippen molar-refractivity contribution in [3.8, 4) is 0 Å². The molecule has 4 aliphatic rings. The van der Waals surface area contributed by atoms with Gasteiger partial charge in [-0.3, -0.25) is 4.98 Å². The van der Waals surface area contributed by atoms with Gasteiger partial charge >= 0.3 is 0 Å². The lowest BCUT2D eigenvalue weighted by atomic mass is 9.50. The third kappa shape index (κ3) is 2.51. The number of hydrogen-bond donors (Lipinski definition) is 1. The van der Waals surface area contributed by atoms with E-state index in [4.69, 9.17) is 11.6 Å². The zero-order valence-corrected chi connectivity index (χ0v) is 13.5. The Hall–Kier alpha value is -0.600. The SMILES string of the molecule is CNC(Cc1ccncc1Cl)C1C2CC3CC(C2)CC1C3. The smallest absolute Gasteiger partial charge is 0.0621 e. The third-order valence-electron chi connectivity index (χ3n) is 6.43. The summed E-state index contributed by atoms with van der Waals surface area (Å²) in [6.07, 6.45) is 12.2. The largest absolute Gasteiger partial charge is 0.316 e. The second kappa shape index (κ2) is 5.55. The number of pyridine rings is 1. The van der Waals surface area contributed by atoms with Crippen LogP contribution in [-0.4, -0.2) is 18.1 Å². The molecule has 0 amide bonds. The van der Waals surface area contributed by atoms with Gasteiger partial charge in [-0.15, -0.1) is 0 Å². The van der Waals surface area contributed by atoms with Crippen LogP contribution in [0.2, 0.25) is 5.02 Å². The first kappa shape index (κ1) is 14.0. The molecule has 1 heterocycles. The lowest BCUT2D eigenvalue weighted by molar-refractivity contribution is -0.0507. The molecule has 4 fully saturated rings. The number of nitrogens with one attached hydrogen (secondary N) is 1. The maximum atomic E-state index is 6.32. The van der Waals surface area contributed by atoms with Crippen molar-refractivity contribution < 1.29 is 0 Å². The zero-order chi connectivity index (χ0) is 14.4. The van der Waals surface area contributed by atoms with Gasteiger partial charge in [-0.2, -0.15) is 0 Å². The molecular weight excluding hydrogens is 280 g/mol. The molecule has 0 saturated heterocycles. The second-order valence-corrected chi connectivity index (χ2v) is 7.98. The number of halogens is 1. The molecule has 0 radical (unpaired) electrons. The topological polar surface area (TPSA) is 24.9 Å². The van der Waals surface area contributed by atoms with Crippen LogP contribution in [0.15, 0.2) is 18.5 Å². The van der Waals surface area contributed by atoms with Crippen LogP contribution in [0.5, 0.6) is 0 Å². The molecule has 0 aliphatic heterocycles. The van der Waals surface area contributed by atoms with Crippen LogP contribution in [0, 0.1) is 29.6 Å². The Balaban J connectivity index is 1.55. The van der Waals surface area contributed by atoms with Crippen LogP contribution >= 0.6 is 11.6 Å². The van der Waals surface area contributed by atoms with Gasteiger partial charge in [0.25, 0.3) is 0 Å². The fourth-order valence-electron chi connectivity index (χ4n) is 5.86. The van der Waals surface area contributed by atoms with Crippen molar-refractivity contribution >= 4 is 11.6 Å². The Bertz CT molecular complexity index is 488. The van der Waals surface area contributed by atoms with Crippen LogP contribution < -0.4 is 5.32 Å². The molecule has 5 rings (SSSR count). The summed E-state index contributed by atoms with van der Waals surface area (Å²) in [5.74, 6) is 4.86. The van der Waals surface area contributed by atoms with Crippen LogP contribution in [0.25, 0.3) is 0 Å². The van der Waals surface area contributed by atoms with Crippen molar-refractivity contribution in [3.05, 3.63) is 29.0 Å². The Morgan fingerprint density at radius 1 is 1.19 bits per heavy atom. The van der Waals surface area contributed by atoms with Gasteiger partial charge in [-0.25, -0.2) is 0 Å². The standard InChI is InChI=1S/C18H25ClN2/c1-20-17(9-13-2-3-21-10-16(13)19)18-14-5-11-4-12(7-14)8-15(18)6-11/h2-3,10-12,14-15,17-18,20H,4-9H2,1H3. The van der Waals surface area contributed by atoms with Gasteiger partial charge in [-0.05, 0) is 86.8 Å². The normalized spacial score (nSPS) is 38.7. The van der Waals surface area contributed by atoms with E-state index in [1.807, 2.05) is 6.20 Å². The fraction of sp³-hybridized carbons (Fsp3) is 0.722. The predicted octanol–water partition coefficient (Wildman–Crippen LogP) is 3.94. The molecule has 4 saturated carbocycles. The van der Waals surface area contributed by atoms with E-state index >= 15 is 0 Å². The maximum absolute atomic E-state index is 6.32. The highest BCUT2D eigenvalue weighted by Crippen LogP contribution is 2.57. The van der Waals surface area contributed by atoms with E-state index in [2.05, 4.69) is 23.4 Å². The van der Waals surface area contributed by atoms with E-state index in [1.54, 1.807) is 6.20 Å². The molecule has 4 aliphatic carbocycles. The molecule has 1 N–H and O–H groups in total. The molecule has 2 nitrogen and oxygen atoms in total. The average Bonchev–Trinajstić information content (AvgIpc) is 2.47. The van der Waals surface area contributed by atoms with Gasteiger partial charge in [0.15, 0.2) is 0 Å². The first-order valence-electron chi connectivity index (χ1n) is 8.50. The highest BCUT2D eigenvalue weighted by molar-refractivity contribution is 6.31. The van der Waals surface area contributed by atoms with Gasteiger partial charge < -0.3 is 5.32 Å². The van der Waals surface area contributed by atoms with Crippen molar-refractivity contribution in [3.63, 3.8) is 0 Å². The number of rotatable bonds is 4. The average molecular weight is 305 g/mol. The number of aromatic nitrogens is 1. The van der Waals surface area contributed by atoms with E-state index in [-0.39, 0.29) is 0 Å². The monoisotopic (exact) mass is 304 g/mol. The van der Waals surface area contributed by atoms with E-state index in [1.165, 1.54) is 37.7 Å². The maximum Gasteiger partial charge on any atom is 0.0621 e. The molecule has 21 heavy (non-hydrogen) atoms. The molecule has 1 atom stereocenters. The Labute approximate surface area is 132 Å². The second-order valence-electron chi connectivity index (χ2n) is 7.57. The molecule has 1 aromatic heterocycles. The highest BCUT2D eigenvalue weighted by atomic mass is 35.5. The van der Waals surface area contributed by atoms with Crippen molar-refractivity contribution in [2.45, 2.75) is 44.6 Å². The van der Waals surface area contributed by atoms with Crippen molar-refractivity contribution in [2.75, 3.05) is 7.05 Å². The van der Waals surface area contributed by atoms with Crippen LogP contribution in [0.1, 0.15) is 37.7 Å². The molecule has 114 valence electrons. The molecule has 1 unspecified atom stereocenters. The minimum absolute atomic E-state index is 0.569. The molecule has 4 bridgehead atoms. The van der Waals surface area contributed by atoms with Crippen molar-refractivity contribution in [1.29, 1.82) is 0 Å². The summed E-state index contributed by atoms with van der Waals surface area (Å²) in [6, 6.07) is 2.66. The van der Waals surface area contributed by atoms with Crippen LogP contribution in [0.3, 0.4) is 0 Å². The molecular formula is C18H25ClN2. The Morgan fingerprint density at radius 2 is 1.86 bits per heavy atom. The minimum atomic E-state index is 0.569. The first-order valence-corrected chi connectivity index (χ1v) is 8.88. The lowest BCUT2D eigenvalue weighted by Gasteiger charge is -2.56. The molecule has 1 aromatic rings. The molecule has 3 heteroatoms. The number of nitrogens with zero attached hydrogens (tertiary/aromatic N) is 1. The molecule has 0 spiro atoms. The predicted molar refractivity (Wildman–Crippen MR) is 86.3 cm³/mol. The van der Waals surface area contributed by atoms with E-state index in [0.717, 1.165) is 41.0 Å². The quantitative estimate of drug-likeness (QED) is 0.911. The van der Waals surface area contributed by atoms with Gasteiger partial charge in [0.2, 0.25) is 0 Å². The number of likely N-dealkylation sites (N-methyl/N-ethyl adjacent to an activating group) is 1. The summed E-state index contributed by atoms with van der Waals surface area (Å²) in [6.45, 7) is 0. The van der Waals surface area contributed by atoms with E-state index in [9.17, 15) is 0 Å². The summed E-state index contributed by atoms with van der Waals surface area (Å²) in [5.41, 5.74) is 1.25. The lowest BCUT2D eigenvalue weighted by Crippen LogP contribution is -2.53. The minimum Gasteiger partial charge on any atom is -0.316 e. The summed E-state index contributed by atoms with van der Waals surface area (Å²) in [5, 5.41) is 4.45. The van der Waals surface area contributed by atoms with Crippen LogP contribution in [-0.2, 0) is 6.42 Å². The summed E-state index contributed by atoms with van der Waals surface area (Å²) < 4.78 is 0. The van der Waals surface area contributed by atoms with Crippen molar-refractivity contribution in [1.82, 2.24) is 10.3 Å². The van der Waals surface area contributed by atoms with E-state index < -0.39 is 0 Å². The third-order valence-corrected chi connectivity index (χ3v) is 6.77. The summed E-state index contributed by atoms with van der Waals surface area (Å²) in [7, 11) is 2.13. The van der Waals surface area contributed by atoms with Gasteiger partial charge in [0.05, 0.1) is 5.02 Å². The molecule has 0 aromatic carbocycles. The Morgan fingerprint density at radius 3 is 2.43 bits per heavy atom. The van der Waals surface area contributed by atoms with Gasteiger partial charge in [-0.1, -0.05) is 11.6 Å². The van der Waals surface area contributed by atoms with E-state index in [0.29, 0.717) is 6.04 Å². The fourth-order valence-corrected chi connectivity index (χ4v) is 6.06. The highest BCUT2D eigenvalue weighted by Gasteiger charge is 2.50. The number of hydrogen-bond acceptors (Lipinski definition) is 2. The summed E-state index contributed by atoms with van der Waals surface area (Å²) >= 11 is 6.32.